The van der Waals surface area contributed by atoms with Gasteiger partial charge >= 0.3 is 0 Å². The van der Waals surface area contributed by atoms with Crippen LogP contribution in [0.15, 0.2) is 49.1 Å². The number of fused-ring (bicyclic) bond motifs is 1. The van der Waals surface area contributed by atoms with Crippen molar-refractivity contribution in [3.05, 3.63) is 54.9 Å². The second-order valence-corrected chi connectivity index (χ2v) is 7.36. The van der Waals surface area contributed by atoms with Gasteiger partial charge in [0.2, 0.25) is 5.88 Å². The van der Waals surface area contributed by atoms with Crippen LogP contribution in [0.1, 0.15) is 19.2 Å². The van der Waals surface area contributed by atoms with Gasteiger partial charge in [0, 0.05) is 37.6 Å². The molecule has 0 unspecified atom stereocenters. The van der Waals surface area contributed by atoms with Crippen molar-refractivity contribution < 1.29 is 4.74 Å². The van der Waals surface area contributed by atoms with Gasteiger partial charge in [-0.3, -0.25) is 0 Å². The van der Waals surface area contributed by atoms with Crippen molar-refractivity contribution in [2.45, 2.75) is 32.9 Å². The third kappa shape index (κ3) is 3.34. The van der Waals surface area contributed by atoms with Crippen molar-refractivity contribution in [3.8, 4) is 17.3 Å². The lowest BCUT2D eigenvalue weighted by atomic mass is 10.3. The minimum absolute atomic E-state index is 0.0567. The number of anilines is 1. The zero-order valence-corrected chi connectivity index (χ0v) is 17.1. The Morgan fingerprint density at radius 1 is 1.07 bits per heavy atom. The summed E-state index contributed by atoms with van der Waals surface area (Å²) in [6.45, 7) is 6.43. The van der Waals surface area contributed by atoms with E-state index in [-0.39, 0.29) is 6.10 Å². The van der Waals surface area contributed by atoms with Crippen LogP contribution in [0.5, 0.6) is 5.88 Å². The fraction of sp³-hybridized carbons (Fsp3) is 0.318. The fourth-order valence-corrected chi connectivity index (χ4v) is 3.89. The summed E-state index contributed by atoms with van der Waals surface area (Å²) in [6.07, 6.45) is 6.12. The molecule has 4 heterocycles. The van der Waals surface area contributed by atoms with E-state index in [0.717, 1.165) is 48.9 Å². The van der Waals surface area contributed by atoms with Crippen LogP contribution in [0.2, 0.25) is 0 Å². The second-order valence-electron chi connectivity index (χ2n) is 7.36. The largest absolute Gasteiger partial charge is 0.471 e. The summed E-state index contributed by atoms with van der Waals surface area (Å²) in [4.78, 5) is 24.6. The van der Waals surface area contributed by atoms with Gasteiger partial charge < -0.3 is 14.2 Å². The molecule has 30 heavy (non-hydrogen) atoms. The third-order valence-corrected chi connectivity index (χ3v) is 5.40. The van der Waals surface area contributed by atoms with E-state index in [1.165, 1.54) is 5.69 Å². The predicted octanol–water partition coefficient (Wildman–Crippen LogP) is 3.27. The highest BCUT2D eigenvalue weighted by Crippen LogP contribution is 2.29. The Hall–Kier alpha value is -3.55. The molecule has 0 spiro atoms. The third-order valence-electron chi connectivity index (χ3n) is 5.40. The predicted molar refractivity (Wildman–Crippen MR) is 114 cm³/mol. The number of hydrogen-bond donors (Lipinski definition) is 0. The summed E-state index contributed by atoms with van der Waals surface area (Å²) in [5.74, 6) is 2.03. The van der Waals surface area contributed by atoms with Crippen LogP contribution in [0.25, 0.3) is 22.6 Å². The van der Waals surface area contributed by atoms with Crippen LogP contribution in [0, 0.1) is 6.92 Å². The lowest BCUT2D eigenvalue weighted by Gasteiger charge is -2.18. The average molecular weight is 401 g/mol. The van der Waals surface area contributed by atoms with Crippen molar-refractivity contribution in [3.63, 3.8) is 0 Å². The zero-order valence-electron chi connectivity index (χ0n) is 17.1. The molecule has 4 aromatic rings. The standard InChI is InChI=1S/C22H23N7O/c1-3-29-20(16-11-23-15(2)24-12-16)27-19-21(29)25-14-26-22(19)30-18-9-10-28(13-18)17-7-5-4-6-8-17/h4-8,11-12,14,18H,3,9-10,13H2,1-2H3/t18-/m0/s1. The summed E-state index contributed by atoms with van der Waals surface area (Å²) in [5.41, 5.74) is 3.50. The molecule has 0 amide bonds. The topological polar surface area (TPSA) is 81.9 Å². The summed E-state index contributed by atoms with van der Waals surface area (Å²) in [5, 5.41) is 0. The fourth-order valence-electron chi connectivity index (χ4n) is 3.89. The van der Waals surface area contributed by atoms with Crippen molar-refractivity contribution >= 4 is 16.9 Å². The van der Waals surface area contributed by atoms with Gasteiger partial charge in [0.1, 0.15) is 24.1 Å². The molecule has 8 heteroatoms. The van der Waals surface area contributed by atoms with E-state index in [9.17, 15) is 0 Å². The van der Waals surface area contributed by atoms with Crippen LogP contribution in [0.3, 0.4) is 0 Å². The Labute approximate surface area is 174 Å². The Balaban J connectivity index is 1.45. The molecule has 0 bridgehead atoms. The molecule has 1 aliphatic heterocycles. The van der Waals surface area contributed by atoms with E-state index < -0.39 is 0 Å². The summed E-state index contributed by atoms with van der Waals surface area (Å²) in [6, 6.07) is 10.4. The first-order valence-electron chi connectivity index (χ1n) is 10.2. The van der Waals surface area contributed by atoms with Gasteiger partial charge in [-0.1, -0.05) is 18.2 Å². The van der Waals surface area contributed by atoms with Gasteiger partial charge in [-0.05, 0) is 26.0 Å². The van der Waals surface area contributed by atoms with Crippen molar-refractivity contribution in [2.75, 3.05) is 18.0 Å². The normalized spacial score (nSPS) is 16.3. The summed E-state index contributed by atoms with van der Waals surface area (Å²) in [7, 11) is 0. The molecule has 8 nitrogen and oxygen atoms in total. The van der Waals surface area contributed by atoms with Crippen molar-refractivity contribution in [1.82, 2.24) is 29.5 Å². The first-order chi connectivity index (χ1) is 14.7. The van der Waals surface area contributed by atoms with Gasteiger partial charge in [0.25, 0.3) is 0 Å². The second kappa shape index (κ2) is 7.70. The molecule has 1 atom stereocenters. The molecule has 3 aromatic heterocycles. The van der Waals surface area contributed by atoms with E-state index in [1.807, 2.05) is 17.6 Å². The zero-order chi connectivity index (χ0) is 20.5. The number of aryl methyl sites for hydroxylation is 2. The molecular weight excluding hydrogens is 378 g/mol. The lowest BCUT2D eigenvalue weighted by molar-refractivity contribution is 0.218. The molecule has 1 aromatic carbocycles. The molecule has 1 fully saturated rings. The SMILES string of the molecule is CCn1c(-c2cnc(C)nc2)nc2c(O[C@H]3CCN(c4ccccc4)C3)ncnc21. The maximum atomic E-state index is 6.31. The molecule has 152 valence electrons. The van der Waals surface area contributed by atoms with Gasteiger partial charge in [-0.25, -0.2) is 19.9 Å². The van der Waals surface area contributed by atoms with E-state index in [1.54, 1.807) is 18.7 Å². The lowest BCUT2D eigenvalue weighted by Crippen LogP contribution is -2.24. The Morgan fingerprint density at radius 3 is 2.63 bits per heavy atom. The number of aromatic nitrogens is 6. The number of imidazole rings is 1. The van der Waals surface area contributed by atoms with Crippen LogP contribution in [-0.2, 0) is 6.54 Å². The number of benzene rings is 1. The van der Waals surface area contributed by atoms with Crippen LogP contribution in [-0.4, -0.2) is 48.7 Å². The molecular formula is C22H23N7O. The number of para-hydroxylation sites is 1. The minimum atomic E-state index is 0.0567. The molecule has 1 aliphatic rings. The minimum Gasteiger partial charge on any atom is -0.471 e. The van der Waals surface area contributed by atoms with E-state index in [4.69, 9.17) is 9.72 Å². The number of hydrogen-bond acceptors (Lipinski definition) is 7. The van der Waals surface area contributed by atoms with Gasteiger partial charge in [0.05, 0.1) is 12.1 Å². The summed E-state index contributed by atoms with van der Waals surface area (Å²) < 4.78 is 8.35. The average Bonchev–Trinajstić information content (AvgIpc) is 3.40. The number of ether oxygens (including phenoxy) is 1. The molecule has 0 aliphatic carbocycles. The van der Waals surface area contributed by atoms with Crippen molar-refractivity contribution in [1.29, 1.82) is 0 Å². The maximum Gasteiger partial charge on any atom is 0.245 e. The Kier molecular flexibility index (Phi) is 4.74. The highest BCUT2D eigenvalue weighted by Gasteiger charge is 2.26. The van der Waals surface area contributed by atoms with Gasteiger partial charge in [-0.15, -0.1) is 0 Å². The van der Waals surface area contributed by atoms with Gasteiger partial charge in [0.15, 0.2) is 11.2 Å². The number of rotatable bonds is 5. The van der Waals surface area contributed by atoms with Crippen LogP contribution >= 0.6 is 0 Å². The Morgan fingerprint density at radius 2 is 1.87 bits per heavy atom. The highest BCUT2D eigenvalue weighted by molar-refractivity contribution is 5.81. The molecule has 1 saturated heterocycles. The molecule has 0 N–H and O–H groups in total. The van der Waals surface area contributed by atoms with E-state index >= 15 is 0 Å². The quantitative estimate of drug-likeness (QED) is 0.508. The smallest absolute Gasteiger partial charge is 0.245 e. The first-order valence-corrected chi connectivity index (χ1v) is 10.2. The van der Waals surface area contributed by atoms with Crippen LogP contribution in [0.4, 0.5) is 5.69 Å². The monoisotopic (exact) mass is 401 g/mol. The Bertz CT molecular complexity index is 1160. The van der Waals surface area contributed by atoms with E-state index in [2.05, 4.69) is 56.0 Å². The summed E-state index contributed by atoms with van der Waals surface area (Å²) >= 11 is 0. The van der Waals surface area contributed by atoms with Gasteiger partial charge in [-0.2, -0.15) is 4.98 Å². The van der Waals surface area contributed by atoms with Crippen molar-refractivity contribution in [2.24, 2.45) is 0 Å². The number of nitrogens with zero attached hydrogens (tertiary/aromatic N) is 7. The van der Waals surface area contributed by atoms with E-state index in [0.29, 0.717) is 11.4 Å². The highest BCUT2D eigenvalue weighted by atomic mass is 16.5. The molecule has 0 saturated carbocycles. The maximum absolute atomic E-state index is 6.31. The molecule has 5 rings (SSSR count). The first kappa shape index (κ1) is 18.5. The van der Waals surface area contributed by atoms with Crippen LogP contribution < -0.4 is 9.64 Å². The molecule has 0 radical (unpaired) electrons.